The molecule has 12 heteroatoms. The smallest absolute Gasteiger partial charge is 0.326 e. The number of carboxylic acids is 1. The second-order valence-corrected chi connectivity index (χ2v) is 8.90. The van der Waals surface area contributed by atoms with E-state index in [1.807, 2.05) is 13.8 Å². The van der Waals surface area contributed by atoms with Crippen LogP contribution in [0.1, 0.15) is 19.4 Å². The molecule has 0 aliphatic rings. The van der Waals surface area contributed by atoms with E-state index in [9.17, 15) is 19.5 Å². The van der Waals surface area contributed by atoms with Crippen LogP contribution in [0.2, 0.25) is 0 Å². The van der Waals surface area contributed by atoms with Crippen LogP contribution in [0.25, 0.3) is 10.9 Å². The van der Waals surface area contributed by atoms with Gasteiger partial charge >= 0.3 is 5.97 Å². The average Bonchev–Trinajstić information content (AvgIpc) is 2.97. The molecule has 12 nitrogen and oxygen atoms in total. The van der Waals surface area contributed by atoms with E-state index in [1.54, 1.807) is 49.5 Å². The van der Waals surface area contributed by atoms with E-state index in [4.69, 9.17) is 14.2 Å². The molecule has 3 N–H and O–H groups in total. The number of nitrogens with one attached hydrogen (secondary N) is 2. The summed E-state index contributed by atoms with van der Waals surface area (Å²) in [6, 6.07) is 7.59. The molecule has 40 heavy (non-hydrogen) atoms. The second-order valence-electron chi connectivity index (χ2n) is 8.90. The van der Waals surface area contributed by atoms with Gasteiger partial charge in [0, 0.05) is 31.0 Å². The van der Waals surface area contributed by atoms with Crippen molar-refractivity contribution in [3.8, 4) is 17.2 Å². The van der Waals surface area contributed by atoms with Crippen molar-refractivity contribution < 1.29 is 24.1 Å². The highest BCUT2D eigenvalue weighted by molar-refractivity contribution is 5.93. The molecule has 0 aliphatic heterocycles. The van der Waals surface area contributed by atoms with Gasteiger partial charge in [-0.3, -0.25) is 9.59 Å². The van der Waals surface area contributed by atoms with Gasteiger partial charge in [0.05, 0.1) is 32.5 Å². The topological polar surface area (TPSA) is 152 Å². The Morgan fingerprint density at radius 3 is 2.25 bits per heavy atom. The third kappa shape index (κ3) is 5.33. The first-order valence-corrected chi connectivity index (χ1v) is 12.6. The highest BCUT2D eigenvalue weighted by atomic mass is 16.5. The van der Waals surface area contributed by atoms with E-state index in [0.29, 0.717) is 58.3 Å². The summed E-state index contributed by atoms with van der Waals surface area (Å²) in [5, 5.41) is 16.6. The van der Waals surface area contributed by atoms with Crippen molar-refractivity contribution in [3.63, 3.8) is 0 Å². The van der Waals surface area contributed by atoms with E-state index in [2.05, 4.69) is 20.6 Å². The van der Waals surface area contributed by atoms with Gasteiger partial charge in [0.2, 0.25) is 0 Å². The van der Waals surface area contributed by atoms with E-state index in [0.717, 1.165) is 0 Å². The first-order chi connectivity index (χ1) is 19.3. The molecule has 1 aromatic heterocycles. The first kappa shape index (κ1) is 28.1. The van der Waals surface area contributed by atoms with Crippen molar-refractivity contribution in [1.29, 1.82) is 0 Å². The molecule has 0 fully saturated rings. The Morgan fingerprint density at radius 2 is 1.62 bits per heavy atom. The minimum Gasteiger partial charge on any atom is -0.495 e. The summed E-state index contributed by atoms with van der Waals surface area (Å²) in [5.74, 6) is 0.860. The molecule has 210 valence electrons. The number of hydrogen-bond acceptors (Lipinski definition) is 11. The Hall–Kier alpha value is -4.87. The number of aromatic nitrogens is 2. The highest BCUT2D eigenvalue weighted by Gasteiger charge is 2.29. The van der Waals surface area contributed by atoms with Crippen LogP contribution < -0.4 is 40.6 Å². The molecule has 0 aliphatic carbocycles. The monoisotopic (exact) mass is 549 g/mol. The van der Waals surface area contributed by atoms with Gasteiger partial charge in [0.1, 0.15) is 35.3 Å². The molecule has 0 amide bonds. The summed E-state index contributed by atoms with van der Waals surface area (Å²) in [6.07, 6.45) is 1.46. The molecule has 0 spiro atoms. The maximum atomic E-state index is 12.3. The number of carbonyl (C=O) groups is 1. The fourth-order valence-corrected chi connectivity index (χ4v) is 4.54. The predicted octanol–water partition coefficient (Wildman–Crippen LogP) is 2.95. The van der Waals surface area contributed by atoms with Gasteiger partial charge < -0.3 is 34.9 Å². The molecular formula is C28H31N5O7. The number of nitrogens with zero attached hydrogens (tertiary/aromatic N) is 3. The van der Waals surface area contributed by atoms with Crippen LogP contribution in [-0.4, -0.2) is 61.5 Å². The number of hydrogen-bond donors (Lipinski definition) is 3. The molecule has 4 aromatic rings. The molecule has 0 saturated heterocycles. The van der Waals surface area contributed by atoms with E-state index >= 15 is 0 Å². The summed E-state index contributed by atoms with van der Waals surface area (Å²) >= 11 is 0. The summed E-state index contributed by atoms with van der Waals surface area (Å²) in [5.41, 5.74) is 0.816. The normalized spacial score (nSPS) is 11.7. The zero-order valence-electron chi connectivity index (χ0n) is 22.9. The Morgan fingerprint density at radius 1 is 0.950 bits per heavy atom. The van der Waals surface area contributed by atoms with Gasteiger partial charge in [-0.1, -0.05) is 6.07 Å². The summed E-state index contributed by atoms with van der Waals surface area (Å²) in [6.45, 7) is 4.75. The van der Waals surface area contributed by atoms with Crippen molar-refractivity contribution >= 4 is 39.8 Å². The van der Waals surface area contributed by atoms with Crippen molar-refractivity contribution in [2.75, 3.05) is 50.0 Å². The fraction of sp³-hybridized carbons (Fsp3) is 0.321. The number of fused-ring (bicyclic) bond motifs is 1. The van der Waals surface area contributed by atoms with E-state index in [1.165, 1.54) is 13.4 Å². The molecule has 1 atom stereocenters. The number of benzene rings is 2. The van der Waals surface area contributed by atoms with Gasteiger partial charge in [-0.2, -0.15) is 0 Å². The maximum Gasteiger partial charge on any atom is 0.326 e. The number of carboxylic acid groups (broad SMARTS) is 1. The standard InChI is InChI=1S/C28H31N5O7/c1-6-33(7-2)24-23(25(34)26(24)35)31-19(28(36)37)10-15-8-9-17(20(11-15)38-3)32-27-16-12-21(39-4)22(40-5)13-18(16)29-14-30-27/h8-9,11-14,19,31H,6-7,10H2,1-5H3,(H,36,37)(H,29,30,32). The maximum absolute atomic E-state index is 12.3. The van der Waals surface area contributed by atoms with Crippen LogP contribution in [0.5, 0.6) is 17.2 Å². The Labute approximate surface area is 230 Å². The van der Waals surface area contributed by atoms with Crippen LogP contribution in [0.4, 0.5) is 22.9 Å². The molecule has 3 aromatic carbocycles. The van der Waals surface area contributed by atoms with Crippen LogP contribution in [-0.2, 0) is 11.2 Å². The second kappa shape index (κ2) is 11.9. The lowest BCUT2D eigenvalue weighted by molar-refractivity contribution is -0.137. The van der Waals surface area contributed by atoms with Gasteiger partial charge in [-0.25, -0.2) is 14.8 Å². The Kier molecular flexibility index (Phi) is 8.37. The lowest BCUT2D eigenvalue weighted by Crippen LogP contribution is -2.45. The van der Waals surface area contributed by atoms with Gasteiger partial charge in [0.25, 0.3) is 10.9 Å². The summed E-state index contributed by atoms with van der Waals surface area (Å²) in [4.78, 5) is 47.0. The largest absolute Gasteiger partial charge is 0.495 e. The SMILES string of the molecule is CCN(CC)c1c(NC(Cc2ccc(Nc3ncnc4cc(OC)c(OC)cc34)c(OC)c2)C(=O)O)c(=O)c1=O. The number of anilines is 4. The molecule has 0 bridgehead atoms. The van der Waals surface area contributed by atoms with E-state index in [-0.39, 0.29) is 17.8 Å². The number of methoxy groups -OCH3 is 3. The third-order valence-electron chi connectivity index (χ3n) is 6.68. The first-order valence-electron chi connectivity index (χ1n) is 12.6. The number of aliphatic carboxylic acids is 1. The van der Waals surface area contributed by atoms with Crippen LogP contribution in [0.15, 0.2) is 46.2 Å². The minimum atomic E-state index is -1.16. The lowest BCUT2D eigenvalue weighted by Gasteiger charge is -2.26. The van der Waals surface area contributed by atoms with Gasteiger partial charge in [-0.15, -0.1) is 0 Å². The molecule has 4 rings (SSSR count). The minimum absolute atomic E-state index is 0.0362. The molecule has 1 heterocycles. The van der Waals surface area contributed by atoms with Crippen molar-refractivity contribution in [1.82, 2.24) is 9.97 Å². The van der Waals surface area contributed by atoms with E-state index < -0.39 is 22.9 Å². The average molecular weight is 550 g/mol. The molecular weight excluding hydrogens is 518 g/mol. The Balaban J connectivity index is 1.60. The fourth-order valence-electron chi connectivity index (χ4n) is 4.54. The van der Waals surface area contributed by atoms with Crippen molar-refractivity contribution in [3.05, 3.63) is 62.7 Å². The number of ether oxygens (including phenoxy) is 3. The third-order valence-corrected chi connectivity index (χ3v) is 6.68. The van der Waals surface area contributed by atoms with Gasteiger partial charge in [-0.05, 0) is 37.6 Å². The van der Waals surface area contributed by atoms with Crippen molar-refractivity contribution in [2.45, 2.75) is 26.3 Å². The quantitative estimate of drug-likeness (QED) is 0.210. The van der Waals surface area contributed by atoms with Crippen molar-refractivity contribution in [2.24, 2.45) is 0 Å². The van der Waals surface area contributed by atoms with Crippen LogP contribution in [0, 0.1) is 0 Å². The van der Waals surface area contributed by atoms with Crippen LogP contribution >= 0.6 is 0 Å². The number of rotatable bonds is 13. The molecule has 1 unspecified atom stereocenters. The molecule has 0 saturated carbocycles. The van der Waals surface area contributed by atoms with Gasteiger partial charge in [0.15, 0.2) is 11.5 Å². The summed E-state index contributed by atoms with van der Waals surface area (Å²) in [7, 11) is 4.59. The highest BCUT2D eigenvalue weighted by Crippen LogP contribution is 2.36. The zero-order valence-corrected chi connectivity index (χ0v) is 22.9. The Bertz CT molecular complexity index is 1610. The lowest BCUT2D eigenvalue weighted by atomic mass is 10.0. The zero-order chi connectivity index (χ0) is 29.0. The molecule has 0 radical (unpaired) electrons. The summed E-state index contributed by atoms with van der Waals surface area (Å²) < 4.78 is 16.4. The van der Waals surface area contributed by atoms with Crippen LogP contribution in [0.3, 0.4) is 0 Å². The predicted molar refractivity (Wildman–Crippen MR) is 153 cm³/mol.